The van der Waals surface area contributed by atoms with Gasteiger partial charge >= 0.3 is 0 Å². The van der Waals surface area contributed by atoms with Crippen molar-refractivity contribution in [2.24, 2.45) is 0 Å². The van der Waals surface area contributed by atoms with E-state index in [1.54, 1.807) is 31.4 Å². The number of benzene rings is 1. The first-order chi connectivity index (χ1) is 9.16. The summed E-state index contributed by atoms with van der Waals surface area (Å²) in [6.45, 7) is 2.85. The third kappa shape index (κ3) is 3.58. The van der Waals surface area contributed by atoms with Gasteiger partial charge in [0, 0.05) is 32.4 Å². The molecule has 0 atom stereocenters. The summed E-state index contributed by atoms with van der Waals surface area (Å²) in [4.78, 5) is 20.0. The summed E-state index contributed by atoms with van der Waals surface area (Å²) in [6.07, 6.45) is 3.45. The van der Waals surface area contributed by atoms with Gasteiger partial charge in [0.15, 0.2) is 0 Å². The molecule has 0 saturated heterocycles. The van der Waals surface area contributed by atoms with Gasteiger partial charge in [0.2, 0.25) is 5.91 Å². The molecule has 0 spiro atoms. The number of imidazole rings is 1. The van der Waals surface area contributed by atoms with E-state index < -0.39 is 0 Å². The van der Waals surface area contributed by atoms with Crippen LogP contribution in [0.4, 0.5) is 5.69 Å². The third-order valence-electron chi connectivity index (χ3n) is 2.99. The van der Waals surface area contributed by atoms with E-state index in [0.29, 0.717) is 13.1 Å². The van der Waals surface area contributed by atoms with Gasteiger partial charge < -0.3 is 15.2 Å². The van der Waals surface area contributed by atoms with E-state index in [0.717, 1.165) is 16.9 Å². The molecule has 5 nitrogen and oxygen atoms in total. The van der Waals surface area contributed by atoms with Crippen molar-refractivity contribution >= 4 is 11.6 Å². The number of amides is 1. The minimum absolute atomic E-state index is 0.0587. The zero-order valence-electron chi connectivity index (χ0n) is 11.2. The molecule has 2 rings (SSSR count). The zero-order valence-corrected chi connectivity index (χ0v) is 11.2. The Morgan fingerprint density at radius 3 is 2.89 bits per heavy atom. The molecule has 1 amide bonds. The van der Waals surface area contributed by atoms with Gasteiger partial charge in [0.1, 0.15) is 0 Å². The van der Waals surface area contributed by atoms with Crippen molar-refractivity contribution in [1.82, 2.24) is 14.9 Å². The molecule has 0 aliphatic heterocycles. The Balaban J connectivity index is 2.05. The van der Waals surface area contributed by atoms with Crippen LogP contribution in [0, 0.1) is 0 Å². The highest BCUT2D eigenvalue weighted by molar-refractivity contribution is 5.73. The van der Waals surface area contributed by atoms with Crippen molar-refractivity contribution in [3.8, 4) is 0 Å². The van der Waals surface area contributed by atoms with Crippen LogP contribution in [-0.2, 0) is 17.9 Å². The number of rotatable bonds is 5. The summed E-state index contributed by atoms with van der Waals surface area (Å²) in [5.74, 6) is 0.0587. The largest absolute Gasteiger partial charge is 0.379 e. The van der Waals surface area contributed by atoms with Gasteiger partial charge in [0.25, 0.3) is 0 Å². The number of hydrogen-bond acceptors (Lipinski definition) is 3. The van der Waals surface area contributed by atoms with E-state index in [1.807, 2.05) is 24.3 Å². The van der Waals surface area contributed by atoms with Crippen LogP contribution in [0.15, 0.2) is 36.8 Å². The molecule has 1 aromatic carbocycles. The monoisotopic (exact) mass is 258 g/mol. The van der Waals surface area contributed by atoms with Crippen molar-refractivity contribution < 1.29 is 4.79 Å². The fourth-order valence-corrected chi connectivity index (χ4v) is 1.77. The highest BCUT2D eigenvalue weighted by Crippen LogP contribution is 2.17. The number of anilines is 1. The summed E-state index contributed by atoms with van der Waals surface area (Å²) < 4.78 is 0. The molecule has 100 valence electrons. The summed E-state index contributed by atoms with van der Waals surface area (Å²) >= 11 is 0. The van der Waals surface area contributed by atoms with E-state index in [4.69, 9.17) is 0 Å². The molecule has 1 heterocycles. The molecule has 2 aromatic rings. The van der Waals surface area contributed by atoms with Gasteiger partial charge in [-0.15, -0.1) is 0 Å². The number of H-pyrrole nitrogens is 1. The van der Waals surface area contributed by atoms with Crippen LogP contribution < -0.4 is 5.32 Å². The number of aromatic nitrogens is 2. The molecule has 0 bridgehead atoms. The average Bonchev–Trinajstić information content (AvgIpc) is 2.90. The van der Waals surface area contributed by atoms with Gasteiger partial charge in [-0.1, -0.05) is 18.2 Å². The summed E-state index contributed by atoms with van der Waals surface area (Å²) in [5.41, 5.74) is 3.15. The first-order valence-electron chi connectivity index (χ1n) is 6.17. The molecule has 19 heavy (non-hydrogen) atoms. The Hall–Kier alpha value is -2.30. The number of nitrogens with zero attached hydrogens (tertiary/aromatic N) is 2. The molecule has 0 fully saturated rings. The fourth-order valence-electron chi connectivity index (χ4n) is 1.77. The second-order valence-corrected chi connectivity index (χ2v) is 4.46. The fraction of sp³-hybridized carbons (Fsp3) is 0.286. The minimum atomic E-state index is 0.0587. The van der Waals surface area contributed by atoms with Crippen LogP contribution in [0.1, 0.15) is 18.2 Å². The van der Waals surface area contributed by atoms with Crippen molar-refractivity contribution in [1.29, 1.82) is 0 Å². The second-order valence-electron chi connectivity index (χ2n) is 4.46. The Kier molecular flexibility index (Phi) is 4.18. The smallest absolute Gasteiger partial charge is 0.219 e. The summed E-state index contributed by atoms with van der Waals surface area (Å²) in [6, 6.07) is 7.99. The van der Waals surface area contributed by atoms with E-state index in [2.05, 4.69) is 15.3 Å². The van der Waals surface area contributed by atoms with E-state index in [1.165, 1.54) is 0 Å². The normalized spacial score (nSPS) is 10.2. The molecule has 0 aliphatic carbocycles. The van der Waals surface area contributed by atoms with E-state index in [-0.39, 0.29) is 5.91 Å². The number of nitrogens with one attached hydrogen (secondary N) is 2. The Bertz CT molecular complexity index is 536. The quantitative estimate of drug-likeness (QED) is 0.862. The first-order valence-corrected chi connectivity index (χ1v) is 6.17. The van der Waals surface area contributed by atoms with Crippen molar-refractivity contribution in [3.63, 3.8) is 0 Å². The SMILES string of the molecule is CC(=O)N(C)Cc1ccccc1NCc1cnc[nH]1. The first kappa shape index (κ1) is 13.1. The molecule has 0 saturated carbocycles. The van der Waals surface area contributed by atoms with Crippen molar-refractivity contribution in [3.05, 3.63) is 48.0 Å². The lowest BCUT2D eigenvalue weighted by atomic mass is 10.1. The molecular formula is C14H18N4O. The molecule has 0 unspecified atom stereocenters. The number of carbonyl (C=O) groups excluding carboxylic acids is 1. The standard InChI is InChI=1S/C14H18N4O/c1-11(19)18(2)9-12-5-3-4-6-14(12)16-8-13-7-15-10-17-13/h3-7,10,16H,8-9H2,1-2H3,(H,15,17). The van der Waals surface area contributed by atoms with Crippen LogP contribution >= 0.6 is 0 Å². The predicted molar refractivity (Wildman–Crippen MR) is 74.5 cm³/mol. The number of para-hydroxylation sites is 1. The highest BCUT2D eigenvalue weighted by atomic mass is 16.2. The third-order valence-corrected chi connectivity index (χ3v) is 2.99. The van der Waals surface area contributed by atoms with Gasteiger partial charge in [-0.05, 0) is 11.6 Å². The Labute approximate surface area is 112 Å². The van der Waals surface area contributed by atoms with Crippen LogP contribution in [0.3, 0.4) is 0 Å². The zero-order chi connectivity index (χ0) is 13.7. The number of hydrogen-bond donors (Lipinski definition) is 2. The molecule has 2 N–H and O–H groups in total. The van der Waals surface area contributed by atoms with Gasteiger partial charge in [-0.3, -0.25) is 4.79 Å². The minimum Gasteiger partial charge on any atom is -0.379 e. The van der Waals surface area contributed by atoms with Gasteiger partial charge in [0.05, 0.1) is 18.6 Å². The molecule has 0 aliphatic rings. The van der Waals surface area contributed by atoms with E-state index in [9.17, 15) is 4.79 Å². The molecule has 0 radical (unpaired) electrons. The number of aromatic amines is 1. The maximum Gasteiger partial charge on any atom is 0.219 e. The lowest BCUT2D eigenvalue weighted by Crippen LogP contribution is -2.23. The second kappa shape index (κ2) is 6.04. The van der Waals surface area contributed by atoms with Crippen molar-refractivity contribution in [2.45, 2.75) is 20.0 Å². The van der Waals surface area contributed by atoms with Crippen LogP contribution in [0.25, 0.3) is 0 Å². The Morgan fingerprint density at radius 1 is 1.42 bits per heavy atom. The highest BCUT2D eigenvalue weighted by Gasteiger charge is 2.07. The maximum atomic E-state index is 11.3. The predicted octanol–water partition coefficient (Wildman–Crippen LogP) is 2.00. The topological polar surface area (TPSA) is 61.0 Å². The van der Waals surface area contributed by atoms with Crippen LogP contribution in [0.5, 0.6) is 0 Å². The van der Waals surface area contributed by atoms with Crippen molar-refractivity contribution in [2.75, 3.05) is 12.4 Å². The van der Waals surface area contributed by atoms with Crippen LogP contribution in [0.2, 0.25) is 0 Å². The molecular weight excluding hydrogens is 240 g/mol. The summed E-state index contributed by atoms with van der Waals surface area (Å²) in [7, 11) is 1.80. The number of carbonyl (C=O) groups is 1. The van der Waals surface area contributed by atoms with E-state index >= 15 is 0 Å². The van der Waals surface area contributed by atoms with Crippen LogP contribution in [-0.4, -0.2) is 27.8 Å². The van der Waals surface area contributed by atoms with Gasteiger partial charge in [-0.2, -0.15) is 0 Å². The lowest BCUT2D eigenvalue weighted by molar-refractivity contribution is -0.128. The molecule has 1 aromatic heterocycles. The van der Waals surface area contributed by atoms with Gasteiger partial charge in [-0.25, -0.2) is 4.98 Å². The summed E-state index contributed by atoms with van der Waals surface area (Å²) in [5, 5.41) is 3.35. The maximum absolute atomic E-state index is 11.3. The Morgan fingerprint density at radius 2 is 2.21 bits per heavy atom. The average molecular weight is 258 g/mol. The lowest BCUT2D eigenvalue weighted by Gasteiger charge is -2.18. The molecule has 5 heteroatoms.